The molecule has 0 N–H and O–H groups in total. The Balaban J connectivity index is 1.57. The summed E-state index contributed by atoms with van der Waals surface area (Å²) in [6, 6.07) is 9.50. The molecule has 1 aliphatic heterocycles. The summed E-state index contributed by atoms with van der Waals surface area (Å²) in [5, 5.41) is 8.16. The van der Waals surface area contributed by atoms with E-state index in [0.29, 0.717) is 42.7 Å². The Kier molecular flexibility index (Phi) is 5.01. The first-order valence-corrected chi connectivity index (χ1v) is 10.6. The van der Waals surface area contributed by atoms with Crippen LogP contribution in [0.15, 0.2) is 53.2 Å². The van der Waals surface area contributed by atoms with Crippen molar-refractivity contribution in [3.05, 3.63) is 54.5 Å². The van der Waals surface area contributed by atoms with Crippen LogP contribution in [0.5, 0.6) is 0 Å². The van der Waals surface area contributed by atoms with Crippen molar-refractivity contribution in [3.63, 3.8) is 0 Å². The molecule has 0 atom stereocenters. The number of sulfonamides is 1. The Morgan fingerprint density at radius 3 is 2.54 bits per heavy atom. The maximum absolute atomic E-state index is 12.0. The minimum absolute atomic E-state index is 0.104. The summed E-state index contributed by atoms with van der Waals surface area (Å²) in [7, 11) is -3.18. The molecular weight excluding hydrogens is 378 g/mol. The van der Waals surface area contributed by atoms with Crippen molar-refractivity contribution in [2.75, 3.05) is 18.8 Å². The quantitative estimate of drug-likeness (QED) is 0.652. The van der Waals surface area contributed by atoms with Crippen LogP contribution >= 0.6 is 0 Å². The average molecular weight is 397 g/mol. The lowest BCUT2D eigenvalue weighted by molar-refractivity contribution is 0.442. The highest BCUT2D eigenvalue weighted by molar-refractivity contribution is 7.89. The van der Waals surface area contributed by atoms with E-state index in [0.717, 1.165) is 11.1 Å². The lowest BCUT2D eigenvalue weighted by atomic mass is 10.1. The van der Waals surface area contributed by atoms with E-state index >= 15 is 0 Å². The normalized spacial score (nSPS) is 15.4. The van der Waals surface area contributed by atoms with E-state index in [1.165, 1.54) is 4.31 Å². The fourth-order valence-electron chi connectivity index (χ4n) is 2.97. The molecule has 8 nitrogen and oxygen atoms in total. The van der Waals surface area contributed by atoms with Gasteiger partial charge in [0.15, 0.2) is 0 Å². The Hall–Kier alpha value is -2.91. The second-order valence-electron chi connectivity index (χ2n) is 6.31. The molecule has 28 heavy (non-hydrogen) atoms. The van der Waals surface area contributed by atoms with Gasteiger partial charge in [0.05, 0.1) is 23.8 Å². The van der Waals surface area contributed by atoms with Gasteiger partial charge in [0, 0.05) is 18.7 Å². The molecule has 144 valence electrons. The van der Waals surface area contributed by atoms with Gasteiger partial charge in [-0.25, -0.2) is 13.4 Å². The fraction of sp³-hybridized carbons (Fsp3) is 0.263. The molecule has 1 aromatic carbocycles. The molecule has 1 aliphatic rings. The molecular formula is C19H19N5O3S. The highest BCUT2D eigenvalue weighted by atomic mass is 32.2. The van der Waals surface area contributed by atoms with Crippen LogP contribution in [0, 0.1) is 0 Å². The van der Waals surface area contributed by atoms with Gasteiger partial charge in [-0.2, -0.15) is 4.31 Å². The van der Waals surface area contributed by atoms with Gasteiger partial charge < -0.3 is 4.42 Å². The second kappa shape index (κ2) is 7.61. The lowest BCUT2D eigenvalue weighted by Gasteiger charge is -2.25. The van der Waals surface area contributed by atoms with E-state index in [1.807, 2.05) is 36.4 Å². The molecule has 0 amide bonds. The molecule has 0 saturated carbocycles. The van der Waals surface area contributed by atoms with Gasteiger partial charge >= 0.3 is 0 Å². The average Bonchev–Trinajstić information content (AvgIpc) is 3.25. The number of benzene rings is 1. The van der Waals surface area contributed by atoms with Crippen molar-refractivity contribution < 1.29 is 12.8 Å². The van der Waals surface area contributed by atoms with Crippen LogP contribution in [0.25, 0.3) is 28.6 Å². The highest BCUT2D eigenvalue weighted by Gasteiger charge is 2.23. The SMILES string of the molecule is CCS(=O)(=O)N1CC=C(c2cncc(-c3nnc(-c4ccccc4)o3)n2)CC1. The third-order valence-corrected chi connectivity index (χ3v) is 6.41. The van der Waals surface area contributed by atoms with Crippen LogP contribution in [0.1, 0.15) is 19.0 Å². The molecule has 0 bridgehead atoms. The molecule has 0 saturated heterocycles. The first-order chi connectivity index (χ1) is 13.6. The summed E-state index contributed by atoms with van der Waals surface area (Å²) < 4.78 is 31.2. The zero-order chi connectivity index (χ0) is 19.6. The Labute approximate surface area is 163 Å². The van der Waals surface area contributed by atoms with Crippen LogP contribution in [-0.2, 0) is 10.0 Å². The predicted molar refractivity (Wildman–Crippen MR) is 104 cm³/mol. The summed E-state index contributed by atoms with van der Waals surface area (Å²) in [4.78, 5) is 8.83. The van der Waals surface area contributed by atoms with Crippen LogP contribution in [0.4, 0.5) is 0 Å². The Bertz CT molecular complexity index is 1110. The number of aromatic nitrogens is 4. The van der Waals surface area contributed by atoms with Gasteiger partial charge in [-0.05, 0) is 31.1 Å². The summed E-state index contributed by atoms with van der Waals surface area (Å²) in [5.74, 6) is 0.812. The second-order valence-corrected chi connectivity index (χ2v) is 8.56. The van der Waals surface area contributed by atoms with E-state index < -0.39 is 10.0 Å². The monoisotopic (exact) mass is 397 g/mol. The molecule has 3 heterocycles. The van der Waals surface area contributed by atoms with E-state index in [4.69, 9.17) is 4.42 Å². The van der Waals surface area contributed by atoms with Gasteiger partial charge in [0.25, 0.3) is 5.89 Å². The van der Waals surface area contributed by atoms with E-state index in [-0.39, 0.29) is 5.75 Å². The largest absolute Gasteiger partial charge is 0.415 e. The van der Waals surface area contributed by atoms with Crippen molar-refractivity contribution in [3.8, 4) is 23.0 Å². The number of rotatable bonds is 5. The molecule has 2 aromatic heterocycles. The van der Waals surface area contributed by atoms with Crippen molar-refractivity contribution >= 4 is 15.6 Å². The Morgan fingerprint density at radius 2 is 1.82 bits per heavy atom. The Morgan fingerprint density at radius 1 is 1.07 bits per heavy atom. The number of nitrogens with zero attached hydrogens (tertiary/aromatic N) is 5. The molecule has 3 aromatic rings. The van der Waals surface area contributed by atoms with Gasteiger partial charge in [-0.3, -0.25) is 4.98 Å². The zero-order valence-electron chi connectivity index (χ0n) is 15.3. The third-order valence-electron chi connectivity index (χ3n) is 4.56. The van der Waals surface area contributed by atoms with Gasteiger partial charge in [0.1, 0.15) is 5.69 Å². The number of hydrogen-bond acceptors (Lipinski definition) is 7. The van der Waals surface area contributed by atoms with Crippen LogP contribution in [-0.4, -0.2) is 51.7 Å². The molecule has 9 heteroatoms. The summed E-state index contributed by atoms with van der Waals surface area (Å²) in [5.41, 5.74) is 2.96. The van der Waals surface area contributed by atoms with Crippen LogP contribution in [0.2, 0.25) is 0 Å². The standard InChI is InChI=1S/C19H19N5O3S/c1-2-28(25,26)24-10-8-14(9-11-24)16-12-20-13-17(21-16)19-23-22-18(27-19)15-6-4-3-5-7-15/h3-8,12-13H,2,9-11H2,1H3. The maximum atomic E-state index is 12.0. The van der Waals surface area contributed by atoms with Crippen molar-refractivity contribution in [2.24, 2.45) is 0 Å². The molecule has 0 unspecified atom stereocenters. The molecule has 0 spiro atoms. The van der Waals surface area contributed by atoms with E-state index in [2.05, 4.69) is 20.2 Å². The third kappa shape index (κ3) is 3.71. The topological polar surface area (TPSA) is 102 Å². The van der Waals surface area contributed by atoms with Gasteiger partial charge in [-0.1, -0.05) is 24.3 Å². The smallest absolute Gasteiger partial charge is 0.268 e. The fourth-order valence-corrected chi connectivity index (χ4v) is 4.00. The first-order valence-electron chi connectivity index (χ1n) is 8.95. The number of hydrogen-bond donors (Lipinski definition) is 0. The molecule has 0 aliphatic carbocycles. The zero-order valence-corrected chi connectivity index (χ0v) is 16.1. The molecule has 0 radical (unpaired) electrons. The van der Waals surface area contributed by atoms with Gasteiger partial charge in [-0.15, -0.1) is 10.2 Å². The highest BCUT2D eigenvalue weighted by Crippen LogP contribution is 2.25. The molecule has 4 rings (SSSR count). The summed E-state index contributed by atoms with van der Waals surface area (Å²) in [6.45, 7) is 2.43. The van der Waals surface area contributed by atoms with Gasteiger partial charge in [0.2, 0.25) is 15.9 Å². The van der Waals surface area contributed by atoms with Crippen molar-refractivity contribution in [2.45, 2.75) is 13.3 Å². The predicted octanol–water partition coefficient (Wildman–Crippen LogP) is 2.63. The van der Waals surface area contributed by atoms with Crippen LogP contribution < -0.4 is 0 Å². The van der Waals surface area contributed by atoms with E-state index in [9.17, 15) is 8.42 Å². The lowest BCUT2D eigenvalue weighted by Crippen LogP contribution is -2.35. The minimum atomic E-state index is -3.18. The van der Waals surface area contributed by atoms with E-state index in [1.54, 1.807) is 19.3 Å². The van der Waals surface area contributed by atoms with Crippen molar-refractivity contribution in [1.29, 1.82) is 0 Å². The summed E-state index contributed by atoms with van der Waals surface area (Å²) in [6.07, 6.45) is 5.70. The van der Waals surface area contributed by atoms with Crippen molar-refractivity contribution in [1.82, 2.24) is 24.5 Å². The minimum Gasteiger partial charge on any atom is -0.415 e. The molecule has 0 fully saturated rings. The first kappa shape index (κ1) is 18.5. The summed E-state index contributed by atoms with van der Waals surface area (Å²) >= 11 is 0. The maximum Gasteiger partial charge on any atom is 0.268 e. The van der Waals surface area contributed by atoms with Crippen LogP contribution in [0.3, 0.4) is 0 Å².